The molecule has 3 rings (SSSR count). The van der Waals surface area contributed by atoms with Crippen molar-refractivity contribution in [3.63, 3.8) is 0 Å². The molecule has 1 aliphatic rings. The van der Waals surface area contributed by atoms with Crippen LogP contribution in [-0.4, -0.2) is 45.1 Å². The van der Waals surface area contributed by atoms with Crippen LogP contribution in [0.15, 0.2) is 41.3 Å². The number of anilines is 1. The van der Waals surface area contributed by atoms with E-state index in [1.54, 1.807) is 6.92 Å². The van der Waals surface area contributed by atoms with Crippen LogP contribution >= 0.6 is 11.8 Å². The summed E-state index contributed by atoms with van der Waals surface area (Å²) in [6.07, 6.45) is 1.11. The summed E-state index contributed by atoms with van der Waals surface area (Å²) in [6, 6.07) is 7.16. The number of carbonyl (C=O) groups is 3. The predicted molar refractivity (Wildman–Crippen MR) is 114 cm³/mol. The van der Waals surface area contributed by atoms with Crippen LogP contribution < -0.4 is 10.1 Å². The number of carbonyl (C=O) groups excluding carboxylic acids is 3. The molecule has 0 aromatic heterocycles. The molecule has 2 N–H and O–H groups in total. The lowest BCUT2D eigenvalue weighted by atomic mass is 10.1. The number of nitrogens with one attached hydrogen (secondary N) is 1. The van der Waals surface area contributed by atoms with E-state index < -0.39 is 40.1 Å². The molecule has 12 heteroatoms. The minimum absolute atomic E-state index is 0.0997. The van der Waals surface area contributed by atoms with Crippen molar-refractivity contribution in [3.8, 4) is 11.5 Å². The highest BCUT2D eigenvalue weighted by atomic mass is 32.2. The fourth-order valence-corrected chi connectivity index (χ4v) is 3.61. The number of rotatable bonds is 7. The normalized spacial score (nSPS) is 14.7. The number of phenolic OH excluding ortho intramolecular Hbond substituents is 1. The molecule has 0 radical (unpaired) electrons. The summed E-state index contributed by atoms with van der Waals surface area (Å²) >= 11 is 0.506. The van der Waals surface area contributed by atoms with Crippen LogP contribution in [0, 0.1) is 15.9 Å². The van der Waals surface area contributed by atoms with Crippen LogP contribution in [0.4, 0.5) is 20.6 Å². The molecular formula is C20H16FN3O7S. The molecule has 166 valence electrons. The van der Waals surface area contributed by atoms with Gasteiger partial charge < -0.3 is 15.2 Å². The first-order chi connectivity index (χ1) is 15.2. The smallest absolute Gasteiger partial charge is 0.294 e. The van der Waals surface area contributed by atoms with Gasteiger partial charge >= 0.3 is 0 Å². The Morgan fingerprint density at radius 3 is 2.75 bits per heavy atom. The van der Waals surface area contributed by atoms with E-state index in [4.69, 9.17) is 4.74 Å². The second-order valence-electron chi connectivity index (χ2n) is 6.40. The maximum atomic E-state index is 13.2. The number of ether oxygens (including phenoxy) is 1. The molecule has 1 saturated heterocycles. The van der Waals surface area contributed by atoms with Crippen molar-refractivity contribution in [1.29, 1.82) is 0 Å². The van der Waals surface area contributed by atoms with Crippen molar-refractivity contribution in [3.05, 3.63) is 62.8 Å². The Kier molecular flexibility index (Phi) is 6.73. The number of thioether (sulfide) groups is 1. The summed E-state index contributed by atoms with van der Waals surface area (Å²) < 4.78 is 18.4. The van der Waals surface area contributed by atoms with E-state index in [0.29, 0.717) is 16.7 Å². The van der Waals surface area contributed by atoms with Crippen LogP contribution in [-0.2, 0) is 9.59 Å². The van der Waals surface area contributed by atoms with E-state index >= 15 is 0 Å². The topological polar surface area (TPSA) is 139 Å². The minimum atomic E-state index is -0.821. The molecule has 2 aromatic carbocycles. The van der Waals surface area contributed by atoms with Crippen LogP contribution in [0.2, 0.25) is 0 Å². The van der Waals surface area contributed by atoms with Gasteiger partial charge in [0, 0.05) is 17.3 Å². The Bertz CT molecular complexity index is 1150. The first kappa shape index (κ1) is 22.7. The highest BCUT2D eigenvalue weighted by molar-refractivity contribution is 8.18. The lowest BCUT2D eigenvalue weighted by Gasteiger charge is -2.12. The van der Waals surface area contributed by atoms with Gasteiger partial charge in [0.1, 0.15) is 12.4 Å². The van der Waals surface area contributed by atoms with Crippen molar-refractivity contribution < 1.29 is 33.5 Å². The molecule has 0 spiro atoms. The number of aromatic hydroxyl groups is 1. The van der Waals surface area contributed by atoms with E-state index in [1.165, 1.54) is 18.2 Å². The van der Waals surface area contributed by atoms with Crippen molar-refractivity contribution in [2.45, 2.75) is 6.92 Å². The molecular weight excluding hydrogens is 445 g/mol. The summed E-state index contributed by atoms with van der Waals surface area (Å²) in [6.45, 7) is 1.13. The summed E-state index contributed by atoms with van der Waals surface area (Å²) in [5, 5.41) is 23.1. The molecule has 1 aliphatic heterocycles. The molecule has 1 fully saturated rings. The van der Waals surface area contributed by atoms with Crippen molar-refractivity contribution in [2.75, 3.05) is 18.5 Å². The predicted octanol–water partition coefficient (Wildman–Crippen LogP) is 3.51. The van der Waals surface area contributed by atoms with E-state index in [0.717, 1.165) is 24.3 Å². The van der Waals surface area contributed by atoms with E-state index in [-0.39, 0.29) is 34.2 Å². The van der Waals surface area contributed by atoms with Crippen LogP contribution in [0.5, 0.6) is 11.5 Å². The second kappa shape index (κ2) is 9.47. The van der Waals surface area contributed by atoms with Crippen molar-refractivity contribution >= 4 is 46.3 Å². The molecule has 0 atom stereocenters. The SMILES string of the molecule is CCOc1cc([N+](=O)[O-])cc(/C=C2/SC(=O)N(CC(=O)Nc3cccc(F)c3)C2=O)c1O. The molecule has 3 amide bonds. The summed E-state index contributed by atoms with van der Waals surface area (Å²) in [4.78, 5) is 48.1. The Hall–Kier alpha value is -3.93. The molecule has 10 nitrogen and oxygen atoms in total. The van der Waals surface area contributed by atoms with E-state index in [2.05, 4.69) is 5.32 Å². The molecule has 0 aliphatic carbocycles. The quantitative estimate of drug-likeness (QED) is 0.363. The lowest BCUT2D eigenvalue weighted by Crippen LogP contribution is -2.36. The van der Waals surface area contributed by atoms with E-state index in [9.17, 15) is 34.0 Å². The highest BCUT2D eigenvalue weighted by Gasteiger charge is 2.36. The Balaban J connectivity index is 1.82. The van der Waals surface area contributed by atoms with Crippen molar-refractivity contribution in [2.24, 2.45) is 0 Å². The van der Waals surface area contributed by atoms with Gasteiger partial charge in [0.05, 0.1) is 22.5 Å². The third-order valence-electron chi connectivity index (χ3n) is 4.17. The third-order valence-corrected chi connectivity index (χ3v) is 5.08. The van der Waals surface area contributed by atoms with Gasteiger partial charge in [-0.2, -0.15) is 0 Å². The average Bonchev–Trinajstić information content (AvgIpc) is 2.98. The summed E-state index contributed by atoms with van der Waals surface area (Å²) in [7, 11) is 0. The Morgan fingerprint density at radius 1 is 1.34 bits per heavy atom. The number of amides is 3. The van der Waals surface area contributed by atoms with Crippen LogP contribution in [0.25, 0.3) is 6.08 Å². The molecule has 1 heterocycles. The highest BCUT2D eigenvalue weighted by Crippen LogP contribution is 2.39. The van der Waals surface area contributed by atoms with Crippen LogP contribution in [0.1, 0.15) is 12.5 Å². The first-order valence-electron chi connectivity index (χ1n) is 9.14. The third kappa shape index (κ3) is 5.03. The number of benzene rings is 2. The number of non-ortho nitro benzene ring substituents is 1. The minimum Gasteiger partial charge on any atom is -0.504 e. The number of hydrogen-bond donors (Lipinski definition) is 2. The van der Waals surface area contributed by atoms with Gasteiger partial charge in [-0.25, -0.2) is 4.39 Å². The molecule has 2 aromatic rings. The summed E-state index contributed by atoms with van der Waals surface area (Å²) in [5.41, 5.74) is -0.328. The molecule has 0 bridgehead atoms. The zero-order chi connectivity index (χ0) is 23.4. The second-order valence-corrected chi connectivity index (χ2v) is 7.39. The number of hydrogen-bond acceptors (Lipinski definition) is 8. The van der Waals surface area contributed by atoms with Gasteiger partial charge in [-0.3, -0.25) is 29.4 Å². The number of imide groups is 1. The monoisotopic (exact) mass is 461 g/mol. The fourth-order valence-electron chi connectivity index (χ4n) is 2.78. The van der Waals surface area contributed by atoms with Gasteiger partial charge in [-0.1, -0.05) is 6.07 Å². The molecule has 32 heavy (non-hydrogen) atoms. The lowest BCUT2D eigenvalue weighted by molar-refractivity contribution is -0.385. The standard InChI is InChI=1S/C20H16FN3O7S/c1-2-31-15-9-14(24(29)30)6-11(18(15)26)7-16-19(27)23(20(28)32-16)10-17(25)22-13-5-3-4-12(21)8-13/h3-9,26H,2,10H2,1H3,(H,22,25)/b16-7+. The zero-order valence-electron chi connectivity index (χ0n) is 16.5. The van der Waals surface area contributed by atoms with Crippen LogP contribution in [0.3, 0.4) is 0 Å². The number of nitro benzene ring substituents is 1. The fraction of sp³-hybridized carbons (Fsp3) is 0.150. The van der Waals surface area contributed by atoms with Crippen molar-refractivity contribution in [1.82, 2.24) is 4.90 Å². The van der Waals surface area contributed by atoms with Gasteiger partial charge in [0.25, 0.3) is 16.8 Å². The number of phenols is 1. The maximum absolute atomic E-state index is 13.2. The summed E-state index contributed by atoms with van der Waals surface area (Å²) in [5.74, 6) is -2.70. The van der Waals surface area contributed by atoms with E-state index in [1.807, 2.05) is 0 Å². The van der Waals surface area contributed by atoms with Gasteiger partial charge in [0.2, 0.25) is 5.91 Å². The number of halogens is 1. The van der Waals surface area contributed by atoms with Gasteiger partial charge in [-0.15, -0.1) is 0 Å². The van der Waals surface area contributed by atoms with Gasteiger partial charge in [-0.05, 0) is 43.0 Å². The van der Waals surface area contributed by atoms with Gasteiger partial charge in [0.15, 0.2) is 11.5 Å². The number of nitrogens with zero attached hydrogens (tertiary/aromatic N) is 2. The number of nitro groups is 1. The average molecular weight is 461 g/mol. The zero-order valence-corrected chi connectivity index (χ0v) is 17.3. The Labute approximate surface area is 184 Å². The maximum Gasteiger partial charge on any atom is 0.294 e. The molecule has 0 saturated carbocycles. The first-order valence-corrected chi connectivity index (χ1v) is 9.96. The molecule has 0 unspecified atom stereocenters. The Morgan fingerprint density at radius 2 is 2.09 bits per heavy atom. The largest absolute Gasteiger partial charge is 0.504 e.